The van der Waals surface area contributed by atoms with Gasteiger partial charge in [-0.3, -0.25) is 0 Å². The van der Waals surface area contributed by atoms with Crippen LogP contribution in [0.25, 0.3) is 10.9 Å². The largest absolute Gasteiger partial charge is 0.493 e. The molecule has 0 atom stereocenters. The Balaban J connectivity index is 1.21. The maximum Gasteiger partial charge on any atom is 0.416 e. The number of nitrogens with one attached hydrogen (secondary N) is 1. The molecule has 0 radical (unpaired) electrons. The van der Waals surface area contributed by atoms with E-state index in [1.807, 2.05) is 0 Å². The van der Waals surface area contributed by atoms with Crippen LogP contribution in [0, 0.1) is 5.92 Å². The number of amides is 2. The van der Waals surface area contributed by atoms with Crippen LogP contribution >= 0.6 is 0 Å². The normalized spacial score (nSPS) is 14.8. The molecule has 1 saturated heterocycles. The van der Waals surface area contributed by atoms with Crippen LogP contribution in [-0.2, 0) is 19.3 Å². The lowest BCUT2D eigenvalue weighted by Crippen LogP contribution is -2.55. The third-order valence-corrected chi connectivity index (χ3v) is 5.54. The highest BCUT2D eigenvalue weighted by molar-refractivity contribution is 5.81. The van der Waals surface area contributed by atoms with E-state index in [1.165, 1.54) is 18.3 Å². The van der Waals surface area contributed by atoms with E-state index in [0.29, 0.717) is 29.7 Å². The summed E-state index contributed by atoms with van der Waals surface area (Å²) in [6.45, 7) is 0.339. The van der Waals surface area contributed by atoms with E-state index in [9.17, 15) is 31.1 Å². The summed E-state index contributed by atoms with van der Waals surface area (Å²) in [7, 11) is 0. The predicted octanol–water partition coefficient (Wildman–Crippen LogP) is 5.44. The molecule has 4 rings (SSSR count). The monoisotopic (exact) mass is 485 g/mol. The van der Waals surface area contributed by atoms with Crippen molar-refractivity contribution in [3.8, 4) is 5.75 Å². The highest BCUT2D eigenvalue weighted by Gasteiger charge is 2.32. The Bertz CT molecular complexity index is 1150. The van der Waals surface area contributed by atoms with Crippen LogP contribution in [0.1, 0.15) is 11.1 Å². The van der Waals surface area contributed by atoms with E-state index in [1.54, 1.807) is 29.2 Å². The van der Waals surface area contributed by atoms with Crippen LogP contribution in [0.15, 0.2) is 54.7 Å². The van der Waals surface area contributed by atoms with Gasteiger partial charge in [-0.15, -0.1) is 0 Å². The van der Waals surface area contributed by atoms with Gasteiger partial charge in [0.05, 0.1) is 12.2 Å². The minimum atomic E-state index is -4.40. The number of carbonyl (C=O) groups is 1. The number of rotatable bonds is 6. The van der Waals surface area contributed by atoms with E-state index in [-0.39, 0.29) is 25.1 Å². The Morgan fingerprint density at radius 2 is 1.71 bits per heavy atom. The number of hydrogen-bond donors (Lipinski definition) is 1. The lowest BCUT2D eigenvalue weighted by molar-refractivity contribution is -0.140. The van der Waals surface area contributed by atoms with Gasteiger partial charge in [0.2, 0.25) is 0 Å². The molecule has 0 bridgehead atoms. The summed E-state index contributed by atoms with van der Waals surface area (Å²) in [6.07, 6.45) is -7.33. The molecule has 1 aliphatic rings. The summed E-state index contributed by atoms with van der Waals surface area (Å²) in [5, 5.41) is 3.43. The second-order valence-corrected chi connectivity index (χ2v) is 8.21. The molecule has 0 unspecified atom stereocenters. The molecule has 11 heteroatoms. The lowest BCUT2D eigenvalue weighted by atomic mass is 10.0. The SMILES string of the molecule is O=C(NCc1ccc2c(ccn2CC(F)(F)F)c1)N1CC(COc2ccc(C(F)(F)F)cc2)C1. The molecule has 1 fully saturated rings. The summed E-state index contributed by atoms with van der Waals surface area (Å²) >= 11 is 0. The van der Waals surface area contributed by atoms with Crippen molar-refractivity contribution in [3.05, 3.63) is 65.9 Å². The maximum atomic E-state index is 12.6. The minimum absolute atomic E-state index is 0.0674. The van der Waals surface area contributed by atoms with Gasteiger partial charge in [-0.2, -0.15) is 26.3 Å². The lowest BCUT2D eigenvalue weighted by Gasteiger charge is -2.38. The number of carbonyl (C=O) groups excluding carboxylic acids is 1. The zero-order valence-electron chi connectivity index (χ0n) is 17.8. The van der Waals surface area contributed by atoms with E-state index in [2.05, 4.69) is 5.32 Å². The molecule has 1 aromatic heterocycles. The number of fused-ring (bicyclic) bond motifs is 1. The predicted molar refractivity (Wildman–Crippen MR) is 112 cm³/mol. The third kappa shape index (κ3) is 5.75. The number of nitrogens with zero attached hydrogens (tertiary/aromatic N) is 2. The highest BCUT2D eigenvalue weighted by Crippen LogP contribution is 2.30. The van der Waals surface area contributed by atoms with Crippen molar-refractivity contribution in [3.63, 3.8) is 0 Å². The van der Waals surface area contributed by atoms with Gasteiger partial charge in [0.1, 0.15) is 12.3 Å². The molecule has 34 heavy (non-hydrogen) atoms. The maximum absolute atomic E-state index is 12.6. The highest BCUT2D eigenvalue weighted by atomic mass is 19.4. The van der Waals surface area contributed by atoms with Gasteiger partial charge in [0.25, 0.3) is 0 Å². The zero-order chi connectivity index (χ0) is 24.5. The molecule has 0 spiro atoms. The van der Waals surface area contributed by atoms with E-state index < -0.39 is 24.5 Å². The second-order valence-electron chi connectivity index (χ2n) is 8.21. The number of urea groups is 1. The first kappa shape index (κ1) is 23.8. The third-order valence-electron chi connectivity index (χ3n) is 5.54. The molecule has 2 heterocycles. The van der Waals surface area contributed by atoms with Gasteiger partial charge >= 0.3 is 18.4 Å². The summed E-state index contributed by atoms with van der Waals surface area (Å²) < 4.78 is 82.3. The molecule has 2 amide bonds. The number of alkyl halides is 6. The number of aromatic nitrogens is 1. The summed E-state index contributed by atoms with van der Waals surface area (Å²) in [4.78, 5) is 13.9. The van der Waals surface area contributed by atoms with Gasteiger partial charge < -0.3 is 19.5 Å². The van der Waals surface area contributed by atoms with E-state index in [4.69, 9.17) is 4.74 Å². The summed E-state index contributed by atoms with van der Waals surface area (Å²) in [6, 6.07) is 10.8. The quantitative estimate of drug-likeness (QED) is 0.473. The standard InChI is InChI=1S/C23H21F6N3O2/c24-22(25,26)14-31-8-7-17-9-15(1-6-20(17)31)10-30-21(33)32-11-16(12-32)13-34-19-4-2-18(3-5-19)23(27,28)29/h1-9,16H,10-14H2,(H,30,33). The minimum Gasteiger partial charge on any atom is -0.493 e. The van der Waals surface area contributed by atoms with Gasteiger partial charge in [0, 0.05) is 37.3 Å². The Labute approximate surface area is 190 Å². The molecule has 2 aromatic carbocycles. The molecule has 1 aliphatic heterocycles. The fraction of sp³-hybridized carbons (Fsp3) is 0.348. The molecule has 0 saturated carbocycles. The number of hydrogen-bond acceptors (Lipinski definition) is 2. The van der Waals surface area contributed by atoms with Crippen molar-refractivity contribution in [2.24, 2.45) is 5.92 Å². The van der Waals surface area contributed by atoms with Crippen molar-refractivity contribution in [1.29, 1.82) is 0 Å². The molecule has 3 aromatic rings. The molecular formula is C23H21F6N3O2. The number of halogens is 6. The van der Waals surface area contributed by atoms with Gasteiger partial charge in [-0.1, -0.05) is 6.07 Å². The van der Waals surface area contributed by atoms with Gasteiger partial charge in [-0.05, 0) is 53.4 Å². The van der Waals surface area contributed by atoms with Crippen LogP contribution < -0.4 is 10.1 Å². The Morgan fingerprint density at radius 3 is 2.35 bits per heavy atom. The average Bonchev–Trinajstić information content (AvgIpc) is 3.11. The molecule has 182 valence electrons. The molecular weight excluding hydrogens is 464 g/mol. The molecule has 0 aliphatic carbocycles. The Hall–Kier alpha value is -3.37. The molecule has 1 N–H and O–H groups in total. The first-order valence-electron chi connectivity index (χ1n) is 10.5. The number of likely N-dealkylation sites (tertiary alicyclic amines) is 1. The smallest absolute Gasteiger partial charge is 0.416 e. The number of benzene rings is 2. The van der Waals surface area contributed by atoms with Crippen molar-refractivity contribution < 1.29 is 35.9 Å². The van der Waals surface area contributed by atoms with Crippen molar-refractivity contribution in [1.82, 2.24) is 14.8 Å². The van der Waals surface area contributed by atoms with Crippen molar-refractivity contribution in [2.75, 3.05) is 19.7 Å². The molecule has 5 nitrogen and oxygen atoms in total. The Morgan fingerprint density at radius 1 is 1.00 bits per heavy atom. The fourth-order valence-electron chi connectivity index (χ4n) is 3.78. The van der Waals surface area contributed by atoms with Crippen LogP contribution in [0.3, 0.4) is 0 Å². The van der Waals surface area contributed by atoms with Crippen molar-refractivity contribution in [2.45, 2.75) is 25.4 Å². The van der Waals surface area contributed by atoms with Gasteiger partial charge in [0.15, 0.2) is 0 Å². The fourth-order valence-corrected chi connectivity index (χ4v) is 3.78. The first-order valence-corrected chi connectivity index (χ1v) is 10.5. The van der Waals surface area contributed by atoms with Crippen LogP contribution in [0.2, 0.25) is 0 Å². The first-order chi connectivity index (χ1) is 16.0. The number of ether oxygens (including phenoxy) is 1. The Kier molecular flexibility index (Phi) is 6.37. The van der Waals surface area contributed by atoms with E-state index in [0.717, 1.165) is 22.3 Å². The average molecular weight is 485 g/mol. The van der Waals surface area contributed by atoms with Crippen LogP contribution in [-0.4, -0.2) is 41.4 Å². The van der Waals surface area contributed by atoms with Crippen LogP contribution in [0.5, 0.6) is 5.75 Å². The summed E-state index contributed by atoms with van der Waals surface area (Å²) in [5.41, 5.74) is 0.476. The topological polar surface area (TPSA) is 46.5 Å². The van der Waals surface area contributed by atoms with E-state index >= 15 is 0 Å². The zero-order valence-corrected chi connectivity index (χ0v) is 17.8. The van der Waals surface area contributed by atoms with Crippen LogP contribution in [0.4, 0.5) is 31.1 Å². The second kappa shape index (κ2) is 9.11. The van der Waals surface area contributed by atoms with Gasteiger partial charge in [-0.25, -0.2) is 4.79 Å². The summed E-state index contributed by atoms with van der Waals surface area (Å²) in [5.74, 6) is 0.396. The van der Waals surface area contributed by atoms with Crippen molar-refractivity contribution >= 4 is 16.9 Å².